The predicted molar refractivity (Wildman–Crippen MR) is 34.5 cm³/mol. The maximum absolute atomic E-state index is 8.60. The molecule has 1 nitrogen and oxygen atoms in total. The molecule has 0 heterocycles. The Morgan fingerprint density at radius 1 is 1.33 bits per heavy atom. The van der Waals surface area contributed by atoms with Gasteiger partial charge in [-0.05, 0) is 24.7 Å². The topological polar surface area (TPSA) is 23.8 Å². The van der Waals surface area contributed by atoms with Crippen LogP contribution in [0.15, 0.2) is 12.2 Å². The lowest BCUT2D eigenvalue weighted by molar-refractivity contribution is 0.563. The van der Waals surface area contributed by atoms with Crippen molar-refractivity contribution in [2.24, 2.45) is 17.8 Å². The number of hydrogen-bond acceptors (Lipinski definition) is 1. The van der Waals surface area contributed by atoms with Crippen molar-refractivity contribution in [2.75, 3.05) is 0 Å². The van der Waals surface area contributed by atoms with Crippen molar-refractivity contribution >= 4 is 0 Å². The Morgan fingerprint density at radius 2 is 2.22 bits per heavy atom. The predicted octanol–water partition coefficient (Wildman–Crippen LogP) is 1.72. The van der Waals surface area contributed by atoms with Crippen molar-refractivity contribution in [3.63, 3.8) is 0 Å². The van der Waals surface area contributed by atoms with Gasteiger partial charge in [-0.2, -0.15) is 5.26 Å². The van der Waals surface area contributed by atoms with E-state index in [4.69, 9.17) is 5.26 Å². The summed E-state index contributed by atoms with van der Waals surface area (Å²) in [6, 6.07) is 2.34. The molecule has 1 heteroatoms. The van der Waals surface area contributed by atoms with Crippen molar-refractivity contribution in [1.29, 1.82) is 5.26 Å². The first-order valence-corrected chi connectivity index (χ1v) is 3.48. The second-order valence-electron chi connectivity index (χ2n) is 3.02. The molecule has 9 heavy (non-hydrogen) atoms. The van der Waals surface area contributed by atoms with Crippen molar-refractivity contribution in [1.82, 2.24) is 0 Å². The summed E-state index contributed by atoms with van der Waals surface area (Å²) in [5.74, 6) is 1.71. The van der Waals surface area contributed by atoms with Gasteiger partial charge in [-0.15, -0.1) is 0 Å². The fourth-order valence-electron chi connectivity index (χ4n) is 1.93. The molecule has 46 valence electrons. The Hall–Kier alpha value is -0.770. The lowest BCUT2D eigenvalue weighted by atomic mass is 9.95. The Balaban J connectivity index is 2.22. The van der Waals surface area contributed by atoms with Crippen LogP contribution in [0.2, 0.25) is 0 Å². The molecule has 0 aliphatic heterocycles. The first kappa shape index (κ1) is 5.05. The summed E-state index contributed by atoms with van der Waals surface area (Å²) in [5, 5.41) is 8.60. The molecular weight excluding hydrogens is 110 g/mol. The van der Waals surface area contributed by atoms with Crippen molar-refractivity contribution in [2.45, 2.75) is 12.8 Å². The van der Waals surface area contributed by atoms with E-state index >= 15 is 0 Å². The monoisotopic (exact) mass is 119 g/mol. The minimum Gasteiger partial charge on any atom is -0.198 e. The first-order chi connectivity index (χ1) is 4.40. The second-order valence-corrected chi connectivity index (χ2v) is 3.02. The van der Waals surface area contributed by atoms with Gasteiger partial charge in [-0.1, -0.05) is 12.2 Å². The number of fused-ring (bicyclic) bond motifs is 2. The van der Waals surface area contributed by atoms with Crippen LogP contribution >= 0.6 is 0 Å². The van der Waals surface area contributed by atoms with E-state index in [-0.39, 0.29) is 0 Å². The molecule has 2 bridgehead atoms. The molecular formula is C8H9N. The minimum atomic E-state index is 0.347. The number of allylic oxidation sites excluding steroid dienone is 2. The fourth-order valence-corrected chi connectivity index (χ4v) is 1.93. The van der Waals surface area contributed by atoms with Crippen LogP contribution in [0.25, 0.3) is 0 Å². The van der Waals surface area contributed by atoms with Gasteiger partial charge in [0, 0.05) is 0 Å². The third kappa shape index (κ3) is 0.595. The molecule has 0 N–H and O–H groups in total. The summed E-state index contributed by atoms with van der Waals surface area (Å²) in [6.07, 6.45) is 6.84. The molecule has 1 saturated carbocycles. The van der Waals surface area contributed by atoms with E-state index < -0.39 is 0 Å². The third-order valence-corrected chi connectivity index (χ3v) is 2.44. The van der Waals surface area contributed by atoms with Crippen molar-refractivity contribution < 1.29 is 0 Å². The molecule has 0 aromatic carbocycles. The van der Waals surface area contributed by atoms with Gasteiger partial charge in [0.15, 0.2) is 0 Å². The molecule has 0 aromatic heterocycles. The number of rotatable bonds is 0. The molecule has 1 fully saturated rings. The van der Waals surface area contributed by atoms with Gasteiger partial charge in [0.05, 0.1) is 12.0 Å². The number of hydrogen-bond donors (Lipinski definition) is 0. The van der Waals surface area contributed by atoms with Crippen LogP contribution in [-0.4, -0.2) is 0 Å². The quantitative estimate of drug-likeness (QED) is 0.445. The molecule has 2 aliphatic carbocycles. The average Bonchev–Trinajstić information content (AvgIpc) is 2.45. The van der Waals surface area contributed by atoms with Gasteiger partial charge in [-0.3, -0.25) is 0 Å². The van der Waals surface area contributed by atoms with E-state index in [1.54, 1.807) is 0 Å². The fraction of sp³-hybridized carbons (Fsp3) is 0.625. The molecule has 0 unspecified atom stereocenters. The summed E-state index contributed by atoms with van der Waals surface area (Å²) in [6.45, 7) is 0. The molecule has 0 amide bonds. The molecule has 3 atom stereocenters. The average molecular weight is 119 g/mol. The molecule has 0 aromatic rings. The van der Waals surface area contributed by atoms with Gasteiger partial charge in [0.2, 0.25) is 0 Å². The first-order valence-electron chi connectivity index (χ1n) is 3.48. The van der Waals surface area contributed by atoms with E-state index in [0.29, 0.717) is 11.8 Å². The normalized spacial score (nSPS) is 45.4. The third-order valence-electron chi connectivity index (χ3n) is 2.44. The van der Waals surface area contributed by atoms with Crippen LogP contribution < -0.4 is 0 Å². The number of nitrogens with zero attached hydrogens (tertiary/aromatic N) is 1. The van der Waals surface area contributed by atoms with Crippen LogP contribution in [-0.2, 0) is 0 Å². The summed E-state index contributed by atoms with van der Waals surface area (Å²) in [4.78, 5) is 0. The SMILES string of the molecule is N#C[C@@H]1C[C@H]2C=C[C@H]1C2. The highest BCUT2D eigenvalue weighted by Crippen LogP contribution is 2.42. The highest BCUT2D eigenvalue weighted by molar-refractivity contribution is 5.14. The molecule has 0 radical (unpaired) electrons. The van der Waals surface area contributed by atoms with E-state index in [0.717, 1.165) is 12.3 Å². The summed E-state index contributed by atoms with van der Waals surface area (Å²) >= 11 is 0. The summed E-state index contributed by atoms with van der Waals surface area (Å²) < 4.78 is 0. The second kappa shape index (κ2) is 1.60. The zero-order valence-electron chi connectivity index (χ0n) is 5.25. The minimum absolute atomic E-state index is 0.347. The van der Waals surface area contributed by atoms with Gasteiger partial charge >= 0.3 is 0 Å². The summed E-state index contributed by atoms with van der Waals surface area (Å²) in [5.41, 5.74) is 0. The molecule has 2 rings (SSSR count). The van der Waals surface area contributed by atoms with E-state index in [1.165, 1.54) is 6.42 Å². The smallest absolute Gasteiger partial charge is 0.0662 e. The van der Waals surface area contributed by atoms with Crippen LogP contribution in [0.1, 0.15) is 12.8 Å². The van der Waals surface area contributed by atoms with Gasteiger partial charge in [0.25, 0.3) is 0 Å². The van der Waals surface area contributed by atoms with E-state index in [9.17, 15) is 0 Å². The number of nitriles is 1. The van der Waals surface area contributed by atoms with E-state index in [1.807, 2.05) is 0 Å². The lowest BCUT2D eigenvalue weighted by Crippen LogP contribution is -2.02. The van der Waals surface area contributed by atoms with Crippen LogP contribution in [0.4, 0.5) is 0 Å². The highest BCUT2D eigenvalue weighted by Gasteiger charge is 2.35. The van der Waals surface area contributed by atoms with E-state index in [2.05, 4.69) is 18.2 Å². The Labute approximate surface area is 55.0 Å². The molecule has 0 spiro atoms. The Bertz CT molecular complexity index is 187. The van der Waals surface area contributed by atoms with Crippen LogP contribution in [0.3, 0.4) is 0 Å². The molecule has 2 aliphatic rings. The summed E-state index contributed by atoms with van der Waals surface area (Å²) in [7, 11) is 0. The van der Waals surface area contributed by atoms with Crippen LogP contribution in [0, 0.1) is 29.1 Å². The maximum Gasteiger partial charge on any atom is 0.0662 e. The highest BCUT2D eigenvalue weighted by atomic mass is 14.4. The van der Waals surface area contributed by atoms with Crippen molar-refractivity contribution in [3.8, 4) is 6.07 Å². The Morgan fingerprint density at radius 3 is 2.56 bits per heavy atom. The Kier molecular flexibility index (Phi) is 0.900. The van der Waals surface area contributed by atoms with Crippen LogP contribution in [0.5, 0.6) is 0 Å². The molecule has 0 saturated heterocycles. The largest absolute Gasteiger partial charge is 0.198 e. The standard InChI is InChI=1S/C8H9N/c9-5-8-4-6-1-2-7(8)3-6/h1-2,6-8H,3-4H2/t6-,7-,8-/m0/s1. The zero-order valence-corrected chi connectivity index (χ0v) is 5.25. The zero-order chi connectivity index (χ0) is 6.27. The maximum atomic E-state index is 8.60. The lowest BCUT2D eigenvalue weighted by Gasteiger charge is -2.06. The van der Waals surface area contributed by atoms with Gasteiger partial charge < -0.3 is 0 Å². The van der Waals surface area contributed by atoms with Gasteiger partial charge in [-0.25, -0.2) is 0 Å². The van der Waals surface area contributed by atoms with Crippen molar-refractivity contribution in [3.05, 3.63) is 12.2 Å². The van der Waals surface area contributed by atoms with Gasteiger partial charge in [0.1, 0.15) is 0 Å².